The van der Waals surface area contributed by atoms with Crippen molar-refractivity contribution < 1.29 is 9.29 Å². The fraction of sp³-hybridized carbons (Fsp3) is 0.300. The molecule has 0 amide bonds. The van der Waals surface area contributed by atoms with Gasteiger partial charge in [-0.15, -0.1) is 10.2 Å². The van der Waals surface area contributed by atoms with Crippen LogP contribution in [-0.4, -0.2) is 28.9 Å². The Kier molecular flexibility index (Phi) is 5.74. The minimum absolute atomic E-state index is 0.167. The van der Waals surface area contributed by atoms with E-state index >= 15 is 0 Å². The minimum Gasteiger partial charge on any atom is -0.331 e. The summed E-state index contributed by atoms with van der Waals surface area (Å²) in [5.41, 5.74) is 3.37. The molecule has 0 radical (unpaired) electrons. The summed E-state index contributed by atoms with van der Waals surface area (Å²) in [6.07, 6.45) is 0. The number of halogens is 1. The zero-order valence-electron chi connectivity index (χ0n) is 15.5. The number of quaternary nitrogens is 1. The van der Waals surface area contributed by atoms with Crippen LogP contribution in [0.1, 0.15) is 29.9 Å². The van der Waals surface area contributed by atoms with Gasteiger partial charge in [0.15, 0.2) is 11.0 Å². The number of hydrogen-bond donors (Lipinski definition) is 1. The van der Waals surface area contributed by atoms with Gasteiger partial charge >= 0.3 is 0 Å². The topological polar surface area (TPSA) is 35.2 Å². The predicted octanol–water partition coefficient (Wildman–Crippen LogP) is 3.21. The summed E-state index contributed by atoms with van der Waals surface area (Å²) < 4.78 is 15.4. The summed E-state index contributed by atoms with van der Waals surface area (Å²) in [6.45, 7) is 4.21. The number of nitrogens with one attached hydrogen (secondary N) is 1. The van der Waals surface area contributed by atoms with E-state index in [0.29, 0.717) is 0 Å². The number of rotatable bonds is 6. The monoisotopic (exact) mass is 371 g/mol. The molecule has 0 aliphatic heterocycles. The number of benzene rings is 2. The van der Waals surface area contributed by atoms with Gasteiger partial charge in [-0.05, 0) is 43.7 Å². The summed E-state index contributed by atoms with van der Waals surface area (Å²) in [4.78, 5) is 1.26. The van der Waals surface area contributed by atoms with Crippen molar-refractivity contribution in [1.29, 1.82) is 0 Å². The van der Waals surface area contributed by atoms with E-state index in [9.17, 15) is 4.39 Å². The first kappa shape index (κ1) is 18.6. The first-order valence-electron chi connectivity index (χ1n) is 8.65. The molecule has 0 aliphatic carbocycles. The van der Waals surface area contributed by atoms with Crippen LogP contribution in [0.4, 0.5) is 4.39 Å². The second-order valence-electron chi connectivity index (χ2n) is 6.73. The molecule has 2 aromatic carbocycles. The van der Waals surface area contributed by atoms with Crippen molar-refractivity contribution in [2.45, 2.75) is 30.8 Å². The third-order valence-corrected chi connectivity index (χ3v) is 5.45. The van der Waals surface area contributed by atoms with Crippen molar-refractivity contribution in [3.05, 3.63) is 71.3 Å². The van der Waals surface area contributed by atoms with Crippen LogP contribution in [0.2, 0.25) is 0 Å². The fourth-order valence-electron chi connectivity index (χ4n) is 2.70. The van der Waals surface area contributed by atoms with Crippen LogP contribution >= 0.6 is 11.8 Å². The van der Waals surface area contributed by atoms with Crippen molar-refractivity contribution in [1.82, 2.24) is 14.8 Å². The van der Waals surface area contributed by atoms with Gasteiger partial charge in [0.2, 0.25) is 0 Å². The normalized spacial score (nSPS) is 12.5. The molecular formula is C20H24FN4S+. The lowest BCUT2D eigenvalue weighted by Crippen LogP contribution is -3.05. The molecule has 0 saturated carbocycles. The Balaban J connectivity index is 1.95. The molecule has 0 aliphatic rings. The predicted molar refractivity (Wildman–Crippen MR) is 103 cm³/mol. The molecule has 136 valence electrons. The highest BCUT2D eigenvalue weighted by Crippen LogP contribution is 2.27. The van der Waals surface area contributed by atoms with E-state index in [1.165, 1.54) is 28.2 Å². The highest BCUT2D eigenvalue weighted by Gasteiger charge is 2.23. The second kappa shape index (κ2) is 8.01. The first-order valence-corrected chi connectivity index (χ1v) is 9.64. The third kappa shape index (κ3) is 4.14. The van der Waals surface area contributed by atoms with E-state index in [-0.39, 0.29) is 11.9 Å². The highest BCUT2D eigenvalue weighted by molar-refractivity contribution is 7.98. The van der Waals surface area contributed by atoms with Crippen LogP contribution in [0.5, 0.6) is 0 Å². The van der Waals surface area contributed by atoms with E-state index in [2.05, 4.69) is 62.4 Å². The quantitative estimate of drug-likeness (QED) is 0.676. The van der Waals surface area contributed by atoms with Crippen LogP contribution in [0, 0.1) is 12.7 Å². The van der Waals surface area contributed by atoms with Gasteiger partial charge in [0.1, 0.15) is 11.9 Å². The molecule has 1 aromatic heterocycles. The average molecular weight is 372 g/mol. The lowest BCUT2D eigenvalue weighted by atomic mass is 10.2. The second-order valence-corrected chi connectivity index (χ2v) is 7.67. The number of nitrogens with zero attached hydrogens (tertiary/aromatic N) is 3. The van der Waals surface area contributed by atoms with Crippen molar-refractivity contribution in [3.8, 4) is 5.69 Å². The van der Waals surface area contributed by atoms with Crippen molar-refractivity contribution in [2.75, 3.05) is 14.1 Å². The molecule has 0 fully saturated rings. The lowest BCUT2D eigenvalue weighted by molar-refractivity contribution is -0.890. The van der Waals surface area contributed by atoms with Crippen LogP contribution in [0.3, 0.4) is 0 Å². The number of aryl methyl sites for hydroxylation is 1. The largest absolute Gasteiger partial charge is 0.331 e. The zero-order valence-corrected chi connectivity index (χ0v) is 16.3. The van der Waals surface area contributed by atoms with Crippen LogP contribution in [0.15, 0.2) is 53.7 Å². The Morgan fingerprint density at radius 1 is 1.12 bits per heavy atom. The van der Waals surface area contributed by atoms with Gasteiger partial charge in [-0.1, -0.05) is 41.6 Å². The Morgan fingerprint density at radius 3 is 2.50 bits per heavy atom. The van der Waals surface area contributed by atoms with E-state index < -0.39 is 0 Å². The van der Waals surface area contributed by atoms with Crippen LogP contribution < -0.4 is 4.90 Å². The standard InChI is InChI=1S/C20H23FN4S/c1-14-6-5-7-16(12-14)13-26-20-23-22-19(15(2)24(3)4)25(20)18-10-8-17(21)9-11-18/h5-12,15H,13H2,1-4H3/p+1/t15-/m1/s1. The van der Waals surface area contributed by atoms with Crippen molar-refractivity contribution in [3.63, 3.8) is 0 Å². The van der Waals surface area contributed by atoms with E-state index in [1.54, 1.807) is 23.9 Å². The summed E-state index contributed by atoms with van der Waals surface area (Å²) in [6, 6.07) is 15.1. The van der Waals surface area contributed by atoms with Crippen molar-refractivity contribution >= 4 is 11.8 Å². The number of thioether (sulfide) groups is 1. The molecule has 26 heavy (non-hydrogen) atoms. The number of hydrogen-bond acceptors (Lipinski definition) is 3. The molecule has 6 heteroatoms. The average Bonchev–Trinajstić information content (AvgIpc) is 3.03. The summed E-state index contributed by atoms with van der Waals surface area (Å²) in [5, 5.41) is 9.69. The summed E-state index contributed by atoms with van der Waals surface area (Å²) in [7, 11) is 4.18. The van der Waals surface area contributed by atoms with Crippen molar-refractivity contribution in [2.24, 2.45) is 0 Å². The van der Waals surface area contributed by atoms with Gasteiger partial charge in [0.05, 0.1) is 14.1 Å². The number of aromatic nitrogens is 3. The lowest BCUT2D eigenvalue weighted by Gasteiger charge is -2.18. The van der Waals surface area contributed by atoms with Gasteiger partial charge in [0.25, 0.3) is 0 Å². The molecular weight excluding hydrogens is 347 g/mol. The molecule has 0 bridgehead atoms. The Morgan fingerprint density at radius 2 is 1.85 bits per heavy atom. The molecule has 3 aromatic rings. The first-order chi connectivity index (χ1) is 12.5. The SMILES string of the molecule is Cc1cccc(CSc2nnc([C@@H](C)[NH+](C)C)n2-c2ccc(F)cc2)c1. The van der Waals surface area contributed by atoms with E-state index in [1.807, 2.05) is 4.57 Å². The van der Waals surface area contributed by atoms with E-state index in [4.69, 9.17) is 0 Å². The fourth-order valence-corrected chi connectivity index (χ4v) is 3.60. The molecule has 4 nitrogen and oxygen atoms in total. The summed E-state index contributed by atoms with van der Waals surface area (Å²) in [5.74, 6) is 1.44. The molecule has 3 rings (SSSR count). The highest BCUT2D eigenvalue weighted by atomic mass is 32.2. The Bertz CT molecular complexity index is 874. The van der Waals surface area contributed by atoms with Crippen LogP contribution in [-0.2, 0) is 5.75 Å². The van der Waals surface area contributed by atoms with Gasteiger partial charge in [-0.2, -0.15) is 0 Å². The Hall–Kier alpha value is -2.18. The third-order valence-electron chi connectivity index (χ3n) is 4.45. The summed E-state index contributed by atoms with van der Waals surface area (Å²) >= 11 is 1.64. The van der Waals surface area contributed by atoms with Gasteiger partial charge < -0.3 is 4.90 Å². The maximum absolute atomic E-state index is 13.4. The minimum atomic E-state index is -0.247. The maximum Gasteiger partial charge on any atom is 0.196 e. The molecule has 0 spiro atoms. The smallest absolute Gasteiger partial charge is 0.196 e. The van der Waals surface area contributed by atoms with Crippen LogP contribution in [0.25, 0.3) is 5.69 Å². The molecule has 0 unspecified atom stereocenters. The molecule has 1 N–H and O–H groups in total. The molecule has 1 atom stereocenters. The van der Waals surface area contributed by atoms with E-state index in [0.717, 1.165) is 22.4 Å². The molecule has 0 saturated heterocycles. The zero-order chi connectivity index (χ0) is 18.7. The Labute approximate surface area is 158 Å². The van der Waals surface area contributed by atoms with Gasteiger partial charge in [0, 0.05) is 11.4 Å². The maximum atomic E-state index is 13.4. The molecule has 1 heterocycles. The van der Waals surface area contributed by atoms with Gasteiger partial charge in [-0.25, -0.2) is 4.39 Å². The van der Waals surface area contributed by atoms with Gasteiger partial charge in [-0.3, -0.25) is 4.57 Å².